The van der Waals surface area contributed by atoms with E-state index in [1.54, 1.807) is 0 Å². The molecule has 0 unspecified atom stereocenters. The summed E-state index contributed by atoms with van der Waals surface area (Å²) >= 11 is 0. The number of aromatic amines is 1. The van der Waals surface area contributed by atoms with Gasteiger partial charge in [-0.25, -0.2) is 4.98 Å². The molecule has 3 rings (SSSR count). The Morgan fingerprint density at radius 1 is 1.11 bits per heavy atom. The van der Waals surface area contributed by atoms with Crippen LogP contribution in [0.3, 0.4) is 0 Å². The summed E-state index contributed by atoms with van der Waals surface area (Å²) in [6, 6.07) is 17.3. The molecule has 0 fully saturated rings. The molecule has 0 spiro atoms. The highest BCUT2D eigenvalue weighted by atomic mass is 16.5. The molecule has 0 aliphatic carbocycles. The van der Waals surface area contributed by atoms with Gasteiger partial charge in [0.15, 0.2) is 5.75 Å². The molecule has 0 aliphatic heterocycles. The zero-order chi connectivity index (χ0) is 13.1. The normalized spacial score (nSPS) is 10.3. The second kappa shape index (κ2) is 4.83. The zero-order valence-corrected chi connectivity index (χ0v) is 10.1. The molecule has 0 aliphatic rings. The van der Waals surface area contributed by atoms with Crippen molar-refractivity contribution in [1.29, 1.82) is 5.26 Å². The Labute approximate surface area is 110 Å². The number of hydrogen-bond acceptors (Lipinski definition) is 3. The van der Waals surface area contributed by atoms with Crippen LogP contribution in [0.15, 0.2) is 48.5 Å². The average Bonchev–Trinajstić information content (AvgIpc) is 2.84. The fraction of sp³-hybridized carbons (Fsp3) is 0.0667. The van der Waals surface area contributed by atoms with Crippen LogP contribution in [-0.4, -0.2) is 9.97 Å². The molecule has 3 aromatic rings. The lowest BCUT2D eigenvalue weighted by Gasteiger charge is -2.05. The van der Waals surface area contributed by atoms with Gasteiger partial charge in [-0.15, -0.1) is 0 Å². The van der Waals surface area contributed by atoms with Crippen molar-refractivity contribution in [3.8, 4) is 17.6 Å². The summed E-state index contributed by atoms with van der Waals surface area (Å²) in [7, 11) is 0. The summed E-state index contributed by atoms with van der Waals surface area (Å²) in [5.74, 6) is 2.10. The maximum Gasteiger partial charge on any atom is 0.155 e. The summed E-state index contributed by atoms with van der Waals surface area (Å²) in [6.07, 6.45) is 0.263. The third-order valence-corrected chi connectivity index (χ3v) is 2.74. The Balaban J connectivity index is 2.01. The van der Waals surface area contributed by atoms with Crippen LogP contribution in [0.5, 0.6) is 11.5 Å². The van der Waals surface area contributed by atoms with Crippen LogP contribution in [0.2, 0.25) is 0 Å². The molecule has 19 heavy (non-hydrogen) atoms. The first-order valence-corrected chi connectivity index (χ1v) is 5.94. The lowest BCUT2D eigenvalue weighted by atomic mass is 10.3. The number of fused-ring (bicyclic) bond motifs is 1. The van der Waals surface area contributed by atoms with Gasteiger partial charge in [0.05, 0.1) is 18.0 Å². The Morgan fingerprint density at radius 3 is 2.74 bits per heavy atom. The average molecular weight is 249 g/mol. The zero-order valence-electron chi connectivity index (χ0n) is 10.1. The Morgan fingerprint density at radius 2 is 1.95 bits per heavy atom. The number of imidazole rings is 1. The quantitative estimate of drug-likeness (QED) is 0.773. The molecule has 0 amide bonds. The largest absolute Gasteiger partial charge is 0.455 e. The van der Waals surface area contributed by atoms with Crippen LogP contribution in [0.4, 0.5) is 0 Å². The fourth-order valence-electron chi connectivity index (χ4n) is 1.91. The topological polar surface area (TPSA) is 61.7 Å². The number of nitrogens with one attached hydrogen (secondary N) is 1. The summed E-state index contributed by atoms with van der Waals surface area (Å²) in [4.78, 5) is 7.50. The third kappa shape index (κ3) is 2.26. The van der Waals surface area contributed by atoms with E-state index in [4.69, 9.17) is 10.00 Å². The van der Waals surface area contributed by atoms with Crippen LogP contribution < -0.4 is 4.74 Å². The number of hydrogen-bond donors (Lipinski definition) is 1. The molecule has 92 valence electrons. The van der Waals surface area contributed by atoms with Crippen molar-refractivity contribution in [2.45, 2.75) is 6.42 Å². The molecule has 2 aromatic carbocycles. The summed E-state index contributed by atoms with van der Waals surface area (Å²) in [5.41, 5.74) is 1.62. The lowest BCUT2D eigenvalue weighted by molar-refractivity contribution is 0.487. The Kier molecular flexibility index (Phi) is 2.87. The fourth-order valence-corrected chi connectivity index (χ4v) is 1.91. The van der Waals surface area contributed by atoms with Gasteiger partial charge < -0.3 is 9.72 Å². The van der Waals surface area contributed by atoms with E-state index >= 15 is 0 Å². The number of rotatable bonds is 3. The number of H-pyrrole nitrogens is 1. The highest BCUT2D eigenvalue weighted by Crippen LogP contribution is 2.28. The molecule has 1 N–H and O–H groups in total. The highest BCUT2D eigenvalue weighted by Gasteiger charge is 2.08. The van der Waals surface area contributed by atoms with E-state index < -0.39 is 0 Å². The van der Waals surface area contributed by atoms with Crippen molar-refractivity contribution in [3.63, 3.8) is 0 Å². The van der Waals surface area contributed by atoms with Crippen molar-refractivity contribution in [3.05, 3.63) is 54.4 Å². The van der Waals surface area contributed by atoms with Crippen LogP contribution >= 0.6 is 0 Å². The van der Waals surface area contributed by atoms with Crippen LogP contribution in [0.1, 0.15) is 5.82 Å². The van der Waals surface area contributed by atoms with E-state index in [0.717, 1.165) is 16.8 Å². The first kappa shape index (κ1) is 11.3. The van der Waals surface area contributed by atoms with Gasteiger partial charge in [0.1, 0.15) is 17.1 Å². The molecule has 0 saturated heterocycles. The van der Waals surface area contributed by atoms with Gasteiger partial charge in [-0.05, 0) is 24.3 Å². The molecular weight excluding hydrogens is 238 g/mol. The second-order valence-electron chi connectivity index (χ2n) is 4.09. The van der Waals surface area contributed by atoms with Crippen LogP contribution in [-0.2, 0) is 6.42 Å². The standard InChI is InChI=1S/C15H11N3O/c16-10-9-14-17-12-7-4-8-13(15(12)18-14)19-11-5-2-1-3-6-11/h1-8H,9H2,(H,17,18). The number of aromatic nitrogens is 2. The Hall–Kier alpha value is -2.80. The van der Waals surface area contributed by atoms with E-state index in [2.05, 4.69) is 16.0 Å². The van der Waals surface area contributed by atoms with E-state index in [0.29, 0.717) is 11.6 Å². The third-order valence-electron chi connectivity index (χ3n) is 2.74. The van der Waals surface area contributed by atoms with E-state index in [1.807, 2.05) is 48.5 Å². The van der Waals surface area contributed by atoms with Gasteiger partial charge in [-0.2, -0.15) is 5.26 Å². The van der Waals surface area contributed by atoms with E-state index in [1.165, 1.54) is 0 Å². The SMILES string of the molecule is N#CCc1nc2c(Oc3ccccc3)cccc2[nH]1. The monoisotopic (exact) mass is 249 g/mol. The minimum absolute atomic E-state index is 0.263. The van der Waals surface area contributed by atoms with Crippen molar-refractivity contribution in [2.75, 3.05) is 0 Å². The second-order valence-corrected chi connectivity index (χ2v) is 4.09. The molecule has 4 nitrogen and oxygen atoms in total. The van der Waals surface area contributed by atoms with Crippen LogP contribution in [0, 0.1) is 11.3 Å². The molecular formula is C15H11N3O. The number of benzene rings is 2. The van der Waals surface area contributed by atoms with E-state index in [-0.39, 0.29) is 6.42 Å². The molecule has 1 aromatic heterocycles. The predicted octanol–water partition coefficient (Wildman–Crippen LogP) is 3.42. The molecule has 1 heterocycles. The maximum absolute atomic E-state index is 8.71. The minimum atomic E-state index is 0.263. The molecule has 0 saturated carbocycles. The van der Waals surface area contributed by atoms with Gasteiger partial charge in [-0.1, -0.05) is 24.3 Å². The van der Waals surface area contributed by atoms with Gasteiger partial charge in [-0.3, -0.25) is 0 Å². The summed E-state index contributed by atoms with van der Waals surface area (Å²) in [6.45, 7) is 0. The highest BCUT2D eigenvalue weighted by molar-refractivity contribution is 5.82. The molecule has 0 bridgehead atoms. The van der Waals surface area contributed by atoms with Gasteiger partial charge >= 0.3 is 0 Å². The summed E-state index contributed by atoms with van der Waals surface area (Å²) in [5, 5.41) is 8.71. The smallest absolute Gasteiger partial charge is 0.155 e. The predicted molar refractivity (Wildman–Crippen MR) is 71.9 cm³/mol. The number of ether oxygens (including phenoxy) is 1. The van der Waals surface area contributed by atoms with Gasteiger partial charge in [0.2, 0.25) is 0 Å². The summed E-state index contributed by atoms with van der Waals surface area (Å²) < 4.78 is 5.82. The van der Waals surface area contributed by atoms with Crippen LogP contribution in [0.25, 0.3) is 11.0 Å². The van der Waals surface area contributed by atoms with Crippen molar-refractivity contribution < 1.29 is 4.74 Å². The van der Waals surface area contributed by atoms with Crippen molar-refractivity contribution >= 4 is 11.0 Å². The van der Waals surface area contributed by atoms with E-state index in [9.17, 15) is 0 Å². The maximum atomic E-state index is 8.71. The molecule has 0 radical (unpaired) electrons. The number of para-hydroxylation sites is 2. The number of nitriles is 1. The number of nitrogens with zero attached hydrogens (tertiary/aromatic N) is 2. The lowest BCUT2D eigenvalue weighted by Crippen LogP contribution is -1.85. The van der Waals surface area contributed by atoms with Gasteiger partial charge in [0, 0.05) is 0 Å². The minimum Gasteiger partial charge on any atom is -0.455 e. The molecule has 4 heteroatoms. The van der Waals surface area contributed by atoms with Gasteiger partial charge in [0.25, 0.3) is 0 Å². The van der Waals surface area contributed by atoms with Crippen molar-refractivity contribution in [1.82, 2.24) is 9.97 Å². The first-order valence-electron chi connectivity index (χ1n) is 5.94. The first-order chi connectivity index (χ1) is 9.36. The Bertz CT molecular complexity index is 741. The molecule has 0 atom stereocenters. The van der Waals surface area contributed by atoms with Crippen molar-refractivity contribution in [2.24, 2.45) is 0 Å².